The van der Waals surface area contributed by atoms with Crippen molar-refractivity contribution in [2.45, 2.75) is 20.8 Å². The minimum atomic E-state index is -0.207. The lowest BCUT2D eigenvalue weighted by atomic mass is 10.1. The molecule has 1 amide bonds. The number of nitrogens with zero attached hydrogens (tertiary/aromatic N) is 1. The van der Waals surface area contributed by atoms with Gasteiger partial charge in [0.15, 0.2) is 0 Å². The molecule has 0 aliphatic rings. The summed E-state index contributed by atoms with van der Waals surface area (Å²) < 4.78 is 5.11. The maximum absolute atomic E-state index is 12.4. The summed E-state index contributed by atoms with van der Waals surface area (Å²) in [5.74, 6) is 1.24. The number of hydrogen-bond acceptors (Lipinski definition) is 4. The van der Waals surface area contributed by atoms with Crippen molar-refractivity contribution < 1.29 is 9.53 Å². The summed E-state index contributed by atoms with van der Waals surface area (Å²) in [4.78, 5) is 16.8. The lowest BCUT2D eigenvalue weighted by Crippen LogP contribution is -2.12. The number of aryl methyl sites for hydroxylation is 3. The van der Waals surface area contributed by atoms with E-state index in [1.807, 2.05) is 6.07 Å². The molecule has 27 heavy (non-hydrogen) atoms. The van der Waals surface area contributed by atoms with Crippen LogP contribution in [0.4, 0.5) is 17.2 Å². The summed E-state index contributed by atoms with van der Waals surface area (Å²) in [6.45, 7) is 6.22. The summed E-state index contributed by atoms with van der Waals surface area (Å²) in [5, 5.41) is 6.19. The number of hydrogen-bond donors (Lipinski definition) is 2. The number of carbonyl (C=O) groups is 1. The lowest BCUT2D eigenvalue weighted by molar-refractivity contribution is 0.102. The highest BCUT2D eigenvalue weighted by Crippen LogP contribution is 2.25. The average molecular weight is 361 g/mol. The van der Waals surface area contributed by atoms with Gasteiger partial charge in [-0.1, -0.05) is 17.7 Å². The molecule has 0 aliphatic carbocycles. The first kappa shape index (κ1) is 18.5. The molecule has 0 bridgehead atoms. The zero-order chi connectivity index (χ0) is 19.4. The van der Waals surface area contributed by atoms with Crippen molar-refractivity contribution in [3.05, 3.63) is 77.0 Å². The van der Waals surface area contributed by atoms with Crippen molar-refractivity contribution in [3.63, 3.8) is 0 Å². The number of methoxy groups -OCH3 is 1. The third-order valence-electron chi connectivity index (χ3n) is 4.30. The third kappa shape index (κ3) is 4.44. The highest BCUT2D eigenvalue weighted by atomic mass is 16.5. The van der Waals surface area contributed by atoms with Gasteiger partial charge in [0, 0.05) is 17.6 Å². The molecule has 0 aliphatic heterocycles. The van der Waals surface area contributed by atoms with Gasteiger partial charge in [0.25, 0.3) is 5.91 Å². The van der Waals surface area contributed by atoms with Gasteiger partial charge in [-0.15, -0.1) is 0 Å². The Kier molecular flexibility index (Phi) is 5.41. The molecule has 138 valence electrons. The molecule has 0 radical (unpaired) electrons. The Morgan fingerprint density at radius 1 is 0.963 bits per heavy atom. The van der Waals surface area contributed by atoms with Crippen LogP contribution in [0, 0.1) is 20.8 Å². The minimum absolute atomic E-state index is 0.207. The van der Waals surface area contributed by atoms with E-state index in [0.29, 0.717) is 17.1 Å². The number of amides is 1. The average Bonchev–Trinajstić information content (AvgIpc) is 2.65. The molecule has 0 saturated carbocycles. The van der Waals surface area contributed by atoms with E-state index in [1.165, 1.54) is 5.56 Å². The van der Waals surface area contributed by atoms with Gasteiger partial charge in [0.05, 0.1) is 12.7 Å². The summed E-state index contributed by atoms with van der Waals surface area (Å²) >= 11 is 0. The molecule has 0 saturated heterocycles. The van der Waals surface area contributed by atoms with Crippen molar-refractivity contribution >= 4 is 23.1 Å². The number of anilines is 3. The monoisotopic (exact) mass is 361 g/mol. The molecule has 2 N–H and O–H groups in total. The van der Waals surface area contributed by atoms with E-state index in [0.717, 1.165) is 22.6 Å². The van der Waals surface area contributed by atoms with Gasteiger partial charge in [0.2, 0.25) is 0 Å². The normalized spacial score (nSPS) is 10.4. The number of aromatic nitrogens is 1. The Hall–Kier alpha value is -3.34. The number of pyridine rings is 1. The Morgan fingerprint density at radius 3 is 2.19 bits per heavy atom. The molecule has 3 rings (SSSR count). The second-order valence-electron chi connectivity index (χ2n) is 6.51. The van der Waals surface area contributed by atoms with E-state index in [-0.39, 0.29) is 5.91 Å². The van der Waals surface area contributed by atoms with Crippen molar-refractivity contribution in [1.82, 2.24) is 4.98 Å². The molecular formula is C22H23N3O2. The molecule has 0 fully saturated rings. The highest BCUT2D eigenvalue weighted by molar-refractivity contribution is 6.04. The first-order valence-corrected chi connectivity index (χ1v) is 8.72. The molecule has 0 spiro atoms. The highest BCUT2D eigenvalue weighted by Gasteiger charge is 2.09. The fourth-order valence-electron chi connectivity index (χ4n) is 2.98. The maximum Gasteiger partial charge on any atom is 0.257 e. The second-order valence-corrected chi connectivity index (χ2v) is 6.51. The van der Waals surface area contributed by atoms with Crippen LogP contribution in [0.15, 0.2) is 54.7 Å². The van der Waals surface area contributed by atoms with E-state index >= 15 is 0 Å². The van der Waals surface area contributed by atoms with Gasteiger partial charge in [-0.3, -0.25) is 4.79 Å². The SMILES string of the molecule is COc1ccc(NC(=O)c2ccc(Nc3c(C)cc(C)cc3C)nc2)cc1. The number of ether oxygens (including phenoxy) is 1. The van der Waals surface area contributed by atoms with Gasteiger partial charge < -0.3 is 15.4 Å². The van der Waals surface area contributed by atoms with Gasteiger partial charge in [0.1, 0.15) is 11.6 Å². The molecule has 0 atom stereocenters. The summed E-state index contributed by atoms with van der Waals surface area (Å²) in [6, 6.07) is 15.0. The first-order chi connectivity index (χ1) is 13.0. The van der Waals surface area contributed by atoms with Gasteiger partial charge >= 0.3 is 0 Å². The van der Waals surface area contributed by atoms with Gasteiger partial charge in [-0.2, -0.15) is 0 Å². The van der Waals surface area contributed by atoms with Crippen molar-refractivity contribution in [3.8, 4) is 5.75 Å². The molecular weight excluding hydrogens is 338 g/mol. The first-order valence-electron chi connectivity index (χ1n) is 8.72. The summed E-state index contributed by atoms with van der Waals surface area (Å²) in [7, 11) is 1.61. The predicted octanol–water partition coefficient (Wildman–Crippen LogP) is 5.01. The number of rotatable bonds is 5. The van der Waals surface area contributed by atoms with Crippen molar-refractivity contribution in [2.75, 3.05) is 17.7 Å². The smallest absolute Gasteiger partial charge is 0.257 e. The van der Waals surface area contributed by atoms with Crippen LogP contribution in [0.2, 0.25) is 0 Å². The van der Waals surface area contributed by atoms with E-state index in [9.17, 15) is 4.79 Å². The molecule has 3 aromatic rings. The van der Waals surface area contributed by atoms with Crippen LogP contribution >= 0.6 is 0 Å². The predicted molar refractivity (Wildman–Crippen MR) is 109 cm³/mol. The fraction of sp³-hybridized carbons (Fsp3) is 0.182. The van der Waals surface area contributed by atoms with Crippen LogP contribution in [0.5, 0.6) is 5.75 Å². The van der Waals surface area contributed by atoms with Crippen LogP contribution in [-0.2, 0) is 0 Å². The van der Waals surface area contributed by atoms with Crippen LogP contribution < -0.4 is 15.4 Å². The second kappa shape index (κ2) is 7.91. The van der Waals surface area contributed by atoms with Crippen LogP contribution in [0.1, 0.15) is 27.0 Å². The van der Waals surface area contributed by atoms with Crippen LogP contribution in [0.3, 0.4) is 0 Å². The summed E-state index contributed by atoms with van der Waals surface area (Å²) in [5.41, 5.74) is 5.80. The Morgan fingerprint density at radius 2 is 1.63 bits per heavy atom. The Bertz CT molecular complexity index is 925. The fourth-order valence-corrected chi connectivity index (χ4v) is 2.98. The largest absolute Gasteiger partial charge is 0.497 e. The molecule has 1 aromatic heterocycles. The van der Waals surface area contributed by atoms with Gasteiger partial charge in [-0.25, -0.2) is 4.98 Å². The van der Waals surface area contributed by atoms with E-state index < -0.39 is 0 Å². The van der Waals surface area contributed by atoms with Crippen molar-refractivity contribution in [1.29, 1.82) is 0 Å². The maximum atomic E-state index is 12.4. The Balaban J connectivity index is 1.70. The van der Waals surface area contributed by atoms with E-state index in [4.69, 9.17) is 4.74 Å². The quantitative estimate of drug-likeness (QED) is 0.670. The zero-order valence-electron chi connectivity index (χ0n) is 16.0. The molecule has 2 aromatic carbocycles. The van der Waals surface area contributed by atoms with E-state index in [1.54, 1.807) is 43.6 Å². The number of benzene rings is 2. The number of nitrogens with one attached hydrogen (secondary N) is 2. The Labute approximate surface area is 159 Å². The van der Waals surface area contributed by atoms with Gasteiger partial charge in [-0.05, 0) is 68.3 Å². The summed E-state index contributed by atoms with van der Waals surface area (Å²) in [6.07, 6.45) is 1.57. The number of carbonyl (C=O) groups excluding carboxylic acids is 1. The topological polar surface area (TPSA) is 63.2 Å². The van der Waals surface area contributed by atoms with E-state index in [2.05, 4.69) is 48.5 Å². The standard InChI is InChI=1S/C22H23N3O2/c1-14-11-15(2)21(16(3)12-14)25-20-10-5-17(13-23-20)22(26)24-18-6-8-19(27-4)9-7-18/h5-13H,1-4H3,(H,23,25)(H,24,26). The minimum Gasteiger partial charge on any atom is -0.497 e. The lowest BCUT2D eigenvalue weighted by Gasteiger charge is -2.13. The zero-order valence-corrected chi connectivity index (χ0v) is 16.0. The van der Waals surface area contributed by atoms with Crippen LogP contribution in [0.25, 0.3) is 0 Å². The molecule has 5 nitrogen and oxygen atoms in total. The van der Waals surface area contributed by atoms with Crippen molar-refractivity contribution in [2.24, 2.45) is 0 Å². The molecule has 1 heterocycles. The third-order valence-corrected chi connectivity index (χ3v) is 4.30. The molecule has 0 unspecified atom stereocenters. The molecule has 5 heteroatoms. The van der Waals surface area contributed by atoms with Crippen LogP contribution in [-0.4, -0.2) is 18.0 Å².